The van der Waals surface area contributed by atoms with Gasteiger partial charge in [-0.2, -0.15) is 0 Å². The van der Waals surface area contributed by atoms with Crippen molar-refractivity contribution in [2.24, 2.45) is 11.7 Å². The Morgan fingerprint density at radius 1 is 1.50 bits per heavy atom. The van der Waals surface area contributed by atoms with Crippen LogP contribution in [-0.2, 0) is 0 Å². The Labute approximate surface area is 73.3 Å². The number of fused-ring (bicyclic) bond motifs is 1. The van der Waals surface area contributed by atoms with Crippen LogP contribution in [0.3, 0.4) is 0 Å². The summed E-state index contributed by atoms with van der Waals surface area (Å²) in [5, 5.41) is 12.4. The Morgan fingerprint density at radius 2 is 2.33 bits per heavy atom. The van der Waals surface area contributed by atoms with E-state index in [9.17, 15) is 0 Å². The van der Waals surface area contributed by atoms with Crippen LogP contribution in [0, 0.1) is 5.92 Å². The second kappa shape index (κ2) is 3.32. The van der Waals surface area contributed by atoms with Crippen molar-refractivity contribution in [3.63, 3.8) is 0 Å². The molecule has 2 aliphatic rings. The highest BCUT2D eigenvalue weighted by Gasteiger charge is 2.42. The zero-order valence-corrected chi connectivity index (χ0v) is 7.37. The van der Waals surface area contributed by atoms with Gasteiger partial charge in [0.25, 0.3) is 0 Å². The molecular weight excluding hydrogens is 152 g/mol. The Kier molecular flexibility index (Phi) is 2.35. The van der Waals surface area contributed by atoms with Gasteiger partial charge in [0.2, 0.25) is 0 Å². The van der Waals surface area contributed by atoms with E-state index in [0.717, 1.165) is 24.8 Å². The van der Waals surface area contributed by atoms with Gasteiger partial charge in [0.1, 0.15) is 6.23 Å². The zero-order valence-electron chi connectivity index (χ0n) is 7.37. The van der Waals surface area contributed by atoms with Crippen LogP contribution in [0.5, 0.6) is 0 Å². The van der Waals surface area contributed by atoms with Crippen LogP contribution in [-0.4, -0.2) is 23.4 Å². The summed E-state index contributed by atoms with van der Waals surface area (Å²) in [6.45, 7) is 0. The van der Waals surface area contributed by atoms with E-state index in [0.29, 0.717) is 6.04 Å². The highest BCUT2D eigenvalue weighted by molar-refractivity contribution is 5.00. The van der Waals surface area contributed by atoms with Gasteiger partial charge in [0, 0.05) is 12.1 Å². The molecule has 1 saturated carbocycles. The highest BCUT2D eigenvalue weighted by Crippen LogP contribution is 2.37. The fraction of sp³-hybridized carbons (Fsp3) is 1.00. The second-order valence-electron chi connectivity index (χ2n) is 4.12. The van der Waals surface area contributed by atoms with Gasteiger partial charge in [-0.05, 0) is 31.6 Å². The summed E-state index contributed by atoms with van der Waals surface area (Å²) in [5.74, 6) is 0.892. The van der Waals surface area contributed by atoms with Gasteiger partial charge >= 0.3 is 0 Å². The van der Waals surface area contributed by atoms with E-state index in [4.69, 9.17) is 10.8 Å². The molecule has 2 rings (SSSR count). The Morgan fingerprint density at radius 3 is 3.00 bits per heavy atom. The largest absolute Gasteiger partial charge is 0.379 e. The molecule has 1 aliphatic carbocycles. The smallest absolute Gasteiger partial charge is 0.102 e. The van der Waals surface area contributed by atoms with Gasteiger partial charge in [0.15, 0.2) is 0 Å². The van der Waals surface area contributed by atoms with E-state index in [2.05, 4.69) is 5.32 Å². The van der Waals surface area contributed by atoms with E-state index in [-0.39, 0.29) is 0 Å². The zero-order chi connectivity index (χ0) is 8.55. The maximum Gasteiger partial charge on any atom is 0.102 e. The number of hydrogen-bond donors (Lipinski definition) is 3. The summed E-state index contributed by atoms with van der Waals surface area (Å²) in [7, 11) is 0. The van der Waals surface area contributed by atoms with Crippen molar-refractivity contribution < 1.29 is 5.11 Å². The summed E-state index contributed by atoms with van der Waals surface area (Å²) in [6.07, 6.45) is 5.27. The molecular formula is C9H18N2O. The molecule has 0 bridgehead atoms. The molecule has 4 atom stereocenters. The number of rotatable bonds is 3. The third-order valence-corrected chi connectivity index (χ3v) is 3.29. The first kappa shape index (κ1) is 8.48. The number of aliphatic hydroxyl groups is 1. The molecule has 70 valence electrons. The van der Waals surface area contributed by atoms with Crippen LogP contribution in [0.2, 0.25) is 0 Å². The molecule has 4 unspecified atom stereocenters. The van der Waals surface area contributed by atoms with Gasteiger partial charge in [-0.1, -0.05) is 6.42 Å². The third kappa shape index (κ3) is 1.49. The van der Waals surface area contributed by atoms with Gasteiger partial charge < -0.3 is 16.2 Å². The maximum absolute atomic E-state index is 8.91. The summed E-state index contributed by atoms with van der Waals surface area (Å²) in [6, 6.07) is 1.45. The van der Waals surface area contributed by atoms with Crippen LogP contribution < -0.4 is 11.1 Å². The standard InChI is InChI=1S/C9H18N2O/c10-9(12)5-4-8-6-2-1-3-7(6)11-8/h6-9,11-12H,1-5,10H2. The first-order valence-corrected chi connectivity index (χ1v) is 4.97. The minimum Gasteiger partial charge on any atom is -0.379 e. The molecule has 0 aromatic rings. The van der Waals surface area contributed by atoms with Crippen molar-refractivity contribution in [3.8, 4) is 0 Å². The second-order valence-corrected chi connectivity index (χ2v) is 4.12. The van der Waals surface area contributed by atoms with Crippen molar-refractivity contribution in [3.05, 3.63) is 0 Å². The van der Waals surface area contributed by atoms with Crippen LogP contribution in [0.25, 0.3) is 0 Å². The minimum atomic E-state index is -0.618. The molecule has 0 aromatic heterocycles. The van der Waals surface area contributed by atoms with E-state index in [1.54, 1.807) is 0 Å². The Balaban J connectivity index is 1.70. The molecule has 0 radical (unpaired) electrons. The maximum atomic E-state index is 8.91. The molecule has 2 fully saturated rings. The molecule has 0 amide bonds. The van der Waals surface area contributed by atoms with Crippen LogP contribution in [0.15, 0.2) is 0 Å². The van der Waals surface area contributed by atoms with E-state index in [1.165, 1.54) is 19.3 Å². The summed E-state index contributed by atoms with van der Waals surface area (Å²) in [5.41, 5.74) is 5.28. The van der Waals surface area contributed by atoms with Crippen molar-refractivity contribution in [2.45, 2.75) is 50.4 Å². The van der Waals surface area contributed by atoms with Gasteiger partial charge in [-0.3, -0.25) is 0 Å². The fourth-order valence-electron chi connectivity index (χ4n) is 2.61. The van der Waals surface area contributed by atoms with E-state index in [1.807, 2.05) is 0 Å². The number of nitrogens with two attached hydrogens (primary N) is 1. The van der Waals surface area contributed by atoms with Crippen molar-refractivity contribution in [1.29, 1.82) is 0 Å². The summed E-state index contributed by atoms with van der Waals surface area (Å²) >= 11 is 0. The molecule has 3 heteroatoms. The third-order valence-electron chi connectivity index (χ3n) is 3.29. The lowest BCUT2D eigenvalue weighted by Gasteiger charge is -2.42. The van der Waals surface area contributed by atoms with Crippen LogP contribution in [0.4, 0.5) is 0 Å². The molecule has 12 heavy (non-hydrogen) atoms. The fourth-order valence-corrected chi connectivity index (χ4v) is 2.61. The van der Waals surface area contributed by atoms with E-state index >= 15 is 0 Å². The molecule has 1 saturated heterocycles. The normalized spacial score (nSPS) is 42.0. The lowest BCUT2D eigenvalue weighted by atomic mass is 9.82. The topological polar surface area (TPSA) is 58.3 Å². The average molecular weight is 170 g/mol. The van der Waals surface area contributed by atoms with Crippen LogP contribution >= 0.6 is 0 Å². The quantitative estimate of drug-likeness (QED) is 0.530. The lowest BCUT2D eigenvalue weighted by Crippen LogP contribution is -2.58. The predicted octanol–water partition coefficient (Wildman–Crippen LogP) is 0.184. The lowest BCUT2D eigenvalue weighted by molar-refractivity contribution is 0.120. The van der Waals surface area contributed by atoms with Gasteiger partial charge in [0.05, 0.1) is 0 Å². The number of nitrogens with one attached hydrogen (secondary N) is 1. The predicted molar refractivity (Wildman–Crippen MR) is 47.5 cm³/mol. The van der Waals surface area contributed by atoms with Crippen molar-refractivity contribution >= 4 is 0 Å². The van der Waals surface area contributed by atoms with Crippen LogP contribution in [0.1, 0.15) is 32.1 Å². The minimum absolute atomic E-state index is 0.618. The molecule has 1 heterocycles. The van der Waals surface area contributed by atoms with Crippen molar-refractivity contribution in [2.75, 3.05) is 0 Å². The Bertz CT molecular complexity index is 161. The SMILES string of the molecule is NC(O)CCC1NC2CCCC21. The number of hydrogen-bond acceptors (Lipinski definition) is 3. The van der Waals surface area contributed by atoms with Gasteiger partial charge in [-0.25, -0.2) is 0 Å². The average Bonchev–Trinajstić information content (AvgIpc) is 2.32. The molecule has 1 aliphatic heterocycles. The van der Waals surface area contributed by atoms with Gasteiger partial charge in [-0.15, -0.1) is 0 Å². The first-order valence-electron chi connectivity index (χ1n) is 4.97. The monoisotopic (exact) mass is 170 g/mol. The molecule has 0 spiro atoms. The summed E-state index contributed by atoms with van der Waals surface area (Å²) in [4.78, 5) is 0. The Hall–Kier alpha value is -0.120. The molecule has 0 aromatic carbocycles. The van der Waals surface area contributed by atoms with Crippen molar-refractivity contribution in [1.82, 2.24) is 5.32 Å². The molecule has 4 N–H and O–H groups in total. The highest BCUT2D eigenvalue weighted by atomic mass is 16.3. The first-order chi connectivity index (χ1) is 5.77. The summed E-state index contributed by atoms with van der Waals surface area (Å²) < 4.78 is 0. The molecule has 3 nitrogen and oxygen atoms in total. The van der Waals surface area contributed by atoms with E-state index < -0.39 is 6.23 Å². The number of aliphatic hydroxyl groups excluding tert-OH is 1.